The van der Waals surface area contributed by atoms with Gasteiger partial charge in [-0.05, 0) is 32.6 Å². The predicted molar refractivity (Wildman–Crippen MR) is 65.8 cm³/mol. The minimum atomic E-state index is -0.530. The van der Waals surface area contributed by atoms with Crippen LogP contribution in [0.1, 0.15) is 12.5 Å². The van der Waals surface area contributed by atoms with Crippen LogP contribution in [0.4, 0.5) is 8.78 Å². The fourth-order valence-electron chi connectivity index (χ4n) is 1.95. The van der Waals surface area contributed by atoms with Crippen LogP contribution in [0.25, 0.3) is 0 Å². The van der Waals surface area contributed by atoms with Crippen molar-refractivity contribution in [1.82, 2.24) is 10.2 Å². The average Bonchev–Trinajstić information content (AvgIpc) is 2.22. The van der Waals surface area contributed by atoms with Gasteiger partial charge in [0, 0.05) is 24.7 Å². The maximum absolute atomic E-state index is 13.4. The Morgan fingerprint density at radius 2 is 2.06 bits per heavy atom. The van der Waals surface area contributed by atoms with Crippen LogP contribution < -0.4 is 5.32 Å². The first-order valence-corrected chi connectivity index (χ1v) is 5.80. The molecule has 0 spiro atoms. The monoisotopic (exact) mass is 242 g/mol. The van der Waals surface area contributed by atoms with Crippen molar-refractivity contribution in [2.24, 2.45) is 5.92 Å². The van der Waals surface area contributed by atoms with Crippen molar-refractivity contribution in [1.29, 1.82) is 0 Å². The number of nitrogens with zero attached hydrogens (tertiary/aromatic N) is 1. The Bertz CT molecular complexity index is 355. The molecule has 1 aromatic rings. The predicted octanol–water partition coefficient (Wildman–Crippen LogP) is 2.25. The van der Waals surface area contributed by atoms with Crippen molar-refractivity contribution in [2.45, 2.75) is 13.5 Å². The molecule has 1 unspecified atom stereocenters. The van der Waals surface area contributed by atoms with Gasteiger partial charge in [-0.15, -0.1) is 0 Å². The lowest BCUT2D eigenvalue weighted by atomic mass is 10.1. The molecule has 0 saturated heterocycles. The quantitative estimate of drug-likeness (QED) is 0.823. The Balaban J connectivity index is 2.52. The van der Waals surface area contributed by atoms with Gasteiger partial charge in [0.2, 0.25) is 0 Å². The summed E-state index contributed by atoms with van der Waals surface area (Å²) in [5.74, 6) is -0.510. The Morgan fingerprint density at radius 3 is 2.65 bits per heavy atom. The molecule has 2 nitrogen and oxygen atoms in total. The third-order valence-electron chi connectivity index (χ3n) is 2.63. The normalized spacial score (nSPS) is 13.1. The zero-order valence-electron chi connectivity index (χ0n) is 10.6. The van der Waals surface area contributed by atoms with E-state index in [1.807, 2.05) is 19.0 Å². The molecular formula is C13H20F2N2. The Labute approximate surface area is 102 Å². The van der Waals surface area contributed by atoms with Crippen LogP contribution in [0.3, 0.4) is 0 Å². The minimum Gasteiger partial charge on any atom is -0.319 e. The van der Waals surface area contributed by atoms with Gasteiger partial charge < -0.3 is 10.2 Å². The smallest absolute Gasteiger partial charge is 0.130 e. The molecule has 0 aromatic heterocycles. The lowest BCUT2D eigenvalue weighted by Crippen LogP contribution is -2.29. The topological polar surface area (TPSA) is 15.3 Å². The van der Waals surface area contributed by atoms with Gasteiger partial charge in [-0.1, -0.05) is 13.0 Å². The third-order valence-corrected chi connectivity index (χ3v) is 2.63. The highest BCUT2D eigenvalue weighted by Gasteiger charge is 2.09. The number of benzene rings is 1. The molecule has 1 N–H and O–H groups in total. The molecule has 0 bridgehead atoms. The summed E-state index contributed by atoms with van der Waals surface area (Å²) in [5.41, 5.74) is 0.533. The number of rotatable bonds is 6. The fraction of sp³-hybridized carbons (Fsp3) is 0.538. The van der Waals surface area contributed by atoms with E-state index < -0.39 is 11.6 Å². The van der Waals surface area contributed by atoms with E-state index in [-0.39, 0.29) is 0 Å². The first-order chi connectivity index (χ1) is 8.02. The van der Waals surface area contributed by atoms with Crippen molar-refractivity contribution in [3.63, 3.8) is 0 Å². The van der Waals surface area contributed by atoms with Crippen LogP contribution in [0.5, 0.6) is 0 Å². The third kappa shape index (κ3) is 4.79. The first kappa shape index (κ1) is 14.1. The second-order valence-electron chi connectivity index (χ2n) is 4.60. The van der Waals surface area contributed by atoms with E-state index >= 15 is 0 Å². The van der Waals surface area contributed by atoms with Crippen molar-refractivity contribution in [3.05, 3.63) is 35.4 Å². The van der Waals surface area contributed by atoms with E-state index in [0.717, 1.165) is 19.2 Å². The average molecular weight is 242 g/mol. The van der Waals surface area contributed by atoms with Gasteiger partial charge in [-0.25, -0.2) is 8.78 Å². The lowest BCUT2D eigenvalue weighted by Gasteiger charge is -2.21. The fourth-order valence-corrected chi connectivity index (χ4v) is 1.95. The van der Waals surface area contributed by atoms with Crippen molar-refractivity contribution < 1.29 is 8.78 Å². The standard InChI is InChI=1S/C13H20F2N2/c1-10(7-16-2)8-17(3)9-11-4-5-12(14)6-13(11)15/h4-6,10,16H,7-9H2,1-3H3. The molecule has 4 heteroatoms. The maximum atomic E-state index is 13.4. The van der Waals surface area contributed by atoms with Crippen molar-refractivity contribution in [3.8, 4) is 0 Å². The van der Waals surface area contributed by atoms with Crippen LogP contribution in [0.2, 0.25) is 0 Å². The summed E-state index contributed by atoms with van der Waals surface area (Å²) >= 11 is 0. The molecule has 0 heterocycles. The largest absolute Gasteiger partial charge is 0.319 e. The molecule has 0 aliphatic rings. The van der Waals surface area contributed by atoms with Gasteiger partial charge in [-0.3, -0.25) is 0 Å². The summed E-state index contributed by atoms with van der Waals surface area (Å²) in [7, 11) is 3.85. The molecule has 0 fully saturated rings. The highest BCUT2D eigenvalue weighted by molar-refractivity contribution is 5.18. The Morgan fingerprint density at radius 1 is 1.35 bits per heavy atom. The molecule has 1 rings (SSSR count). The van der Waals surface area contributed by atoms with Gasteiger partial charge in [0.1, 0.15) is 11.6 Å². The first-order valence-electron chi connectivity index (χ1n) is 5.80. The molecule has 1 atom stereocenters. The van der Waals surface area contributed by atoms with Gasteiger partial charge >= 0.3 is 0 Å². The molecule has 0 radical (unpaired) electrons. The second-order valence-corrected chi connectivity index (χ2v) is 4.60. The van der Waals surface area contributed by atoms with Crippen molar-refractivity contribution >= 4 is 0 Å². The molecule has 0 amide bonds. The lowest BCUT2D eigenvalue weighted by molar-refractivity contribution is 0.272. The number of hydrogen-bond donors (Lipinski definition) is 1. The van der Waals surface area contributed by atoms with Gasteiger partial charge in [0.05, 0.1) is 0 Å². The van der Waals surface area contributed by atoms with E-state index in [1.54, 1.807) is 0 Å². The highest BCUT2D eigenvalue weighted by atomic mass is 19.1. The number of nitrogens with one attached hydrogen (secondary N) is 1. The summed E-state index contributed by atoms with van der Waals surface area (Å²) in [4.78, 5) is 2.04. The van der Waals surface area contributed by atoms with E-state index in [4.69, 9.17) is 0 Å². The highest BCUT2D eigenvalue weighted by Crippen LogP contribution is 2.12. The van der Waals surface area contributed by atoms with Gasteiger partial charge in [0.25, 0.3) is 0 Å². The summed E-state index contributed by atoms with van der Waals surface area (Å²) in [6, 6.07) is 3.73. The Kier molecular flexibility index (Phi) is 5.51. The van der Waals surface area contributed by atoms with Crippen LogP contribution in [0, 0.1) is 17.6 Å². The number of hydrogen-bond acceptors (Lipinski definition) is 2. The summed E-state index contributed by atoms with van der Waals surface area (Å²) < 4.78 is 26.2. The van der Waals surface area contributed by atoms with Crippen molar-refractivity contribution in [2.75, 3.05) is 27.2 Å². The summed E-state index contributed by atoms with van der Waals surface area (Å²) in [6.07, 6.45) is 0. The molecule has 17 heavy (non-hydrogen) atoms. The minimum absolute atomic E-state index is 0.474. The van der Waals surface area contributed by atoms with E-state index in [1.165, 1.54) is 12.1 Å². The van der Waals surface area contributed by atoms with Crippen LogP contribution >= 0.6 is 0 Å². The SMILES string of the molecule is CNCC(C)CN(C)Cc1ccc(F)cc1F. The maximum Gasteiger partial charge on any atom is 0.130 e. The second kappa shape index (κ2) is 6.67. The van der Waals surface area contributed by atoms with Gasteiger partial charge in [-0.2, -0.15) is 0 Å². The summed E-state index contributed by atoms with van der Waals surface area (Å²) in [6.45, 7) is 4.43. The zero-order chi connectivity index (χ0) is 12.8. The van der Waals surface area contributed by atoms with E-state index in [2.05, 4.69) is 12.2 Å². The molecular weight excluding hydrogens is 222 g/mol. The molecule has 96 valence electrons. The van der Waals surface area contributed by atoms with E-state index in [9.17, 15) is 8.78 Å². The van der Waals surface area contributed by atoms with Crippen LogP contribution in [-0.4, -0.2) is 32.1 Å². The van der Waals surface area contributed by atoms with Crippen LogP contribution in [0.15, 0.2) is 18.2 Å². The molecule has 0 saturated carbocycles. The molecule has 1 aromatic carbocycles. The molecule has 0 aliphatic heterocycles. The summed E-state index contributed by atoms with van der Waals surface area (Å²) in [5, 5.41) is 3.11. The zero-order valence-corrected chi connectivity index (χ0v) is 10.6. The van der Waals surface area contributed by atoms with Gasteiger partial charge in [0.15, 0.2) is 0 Å². The Hall–Kier alpha value is -1.00. The van der Waals surface area contributed by atoms with Crippen LogP contribution in [-0.2, 0) is 6.54 Å². The van der Waals surface area contributed by atoms with E-state index in [0.29, 0.717) is 18.0 Å². The molecule has 0 aliphatic carbocycles. The number of halogens is 2.